The first kappa shape index (κ1) is 106. The Morgan fingerprint density at radius 1 is 0.452 bits per heavy atom. The number of anilines is 2. The average Bonchev–Trinajstić information content (AvgIpc) is 1.63. The molecule has 0 bridgehead atoms. The molecule has 9 N–H and O–H groups in total. The maximum Gasteiger partial charge on any atom is 0.487 e. The number of benzene rings is 4. The summed E-state index contributed by atoms with van der Waals surface area (Å²) in [7, 11) is 3.97. The van der Waals surface area contributed by atoms with Gasteiger partial charge in [0.25, 0.3) is 0 Å². The minimum absolute atomic E-state index is 0. The van der Waals surface area contributed by atoms with E-state index in [1.165, 1.54) is 118 Å². The van der Waals surface area contributed by atoms with Crippen LogP contribution in [-0.4, -0.2) is 186 Å². The summed E-state index contributed by atoms with van der Waals surface area (Å²) in [5.74, 6) is 2.37. The van der Waals surface area contributed by atoms with Crippen LogP contribution in [0, 0.1) is 12.2 Å². The molecule has 3 fully saturated rings. The Labute approximate surface area is 778 Å². The highest BCUT2D eigenvalue weighted by Crippen LogP contribution is 2.38. The normalized spacial score (nSPS) is 16.4. The Morgan fingerprint density at radius 2 is 0.746 bits per heavy atom. The van der Waals surface area contributed by atoms with Crippen molar-refractivity contribution in [1.29, 1.82) is 0 Å². The van der Waals surface area contributed by atoms with Crippen LogP contribution in [0.15, 0.2) is 218 Å². The predicted molar refractivity (Wildman–Crippen MR) is 502 cm³/mol. The van der Waals surface area contributed by atoms with Gasteiger partial charge in [-0.3, -0.25) is 0 Å². The monoisotopic (exact) mass is 2030 g/mol. The van der Waals surface area contributed by atoms with Crippen LogP contribution in [0.2, 0.25) is 20.1 Å². The van der Waals surface area contributed by atoms with Crippen molar-refractivity contribution in [3.63, 3.8) is 0 Å². The molecular weight excluding hydrogens is 1940 g/mol. The first-order valence-corrected chi connectivity index (χ1v) is 47.8. The quantitative estimate of drug-likeness (QED) is 0.0471. The van der Waals surface area contributed by atoms with E-state index in [1.807, 2.05) is 64.1 Å². The van der Waals surface area contributed by atoms with Gasteiger partial charge in [0.2, 0.25) is 11.9 Å². The van der Waals surface area contributed by atoms with Crippen LogP contribution in [0.25, 0.3) is 30.4 Å². The van der Waals surface area contributed by atoms with Gasteiger partial charge in [-0.25, -0.2) is 95.0 Å². The van der Waals surface area contributed by atoms with Crippen LogP contribution >= 0.6 is 99.9 Å². The van der Waals surface area contributed by atoms with Gasteiger partial charge in [0, 0.05) is 144 Å². The maximum absolute atomic E-state index is 12.7. The van der Waals surface area contributed by atoms with Gasteiger partial charge in [-0.1, -0.05) is 131 Å². The van der Waals surface area contributed by atoms with Crippen LogP contribution in [0.3, 0.4) is 0 Å². The van der Waals surface area contributed by atoms with E-state index >= 15 is 0 Å². The summed E-state index contributed by atoms with van der Waals surface area (Å²) < 4.78 is 113. The fourth-order valence-electron chi connectivity index (χ4n) is 11.5. The van der Waals surface area contributed by atoms with Gasteiger partial charge in [-0.05, 0) is 209 Å². The van der Waals surface area contributed by atoms with E-state index in [2.05, 4.69) is 145 Å². The summed E-state index contributed by atoms with van der Waals surface area (Å²) in [6, 6.07) is 28.7. The Morgan fingerprint density at radius 3 is 1.06 bits per heavy atom. The van der Waals surface area contributed by atoms with Crippen molar-refractivity contribution in [3.05, 3.63) is 276 Å². The number of hydrogen-bond donors (Lipinski definition) is 3. The number of halogens is 9. The number of nitrogens with one attached hydrogen (secondary N) is 1. The highest BCUT2D eigenvalue weighted by atomic mass is 79.9. The van der Waals surface area contributed by atoms with Gasteiger partial charge < -0.3 is 46.8 Å². The van der Waals surface area contributed by atoms with Gasteiger partial charge in [-0.2, -0.15) is 8.78 Å². The molecule has 672 valence electrons. The minimum atomic E-state index is -3.64. The molecule has 0 atom stereocenters. The van der Waals surface area contributed by atoms with Crippen LogP contribution in [0.5, 0.6) is 0 Å². The summed E-state index contributed by atoms with van der Waals surface area (Å²) in [5.41, 5.74) is 13.8. The van der Waals surface area contributed by atoms with Crippen LogP contribution < -0.4 is 16.8 Å². The third-order valence-electron chi connectivity index (χ3n) is 19.0. The second kappa shape index (κ2) is 51.6. The van der Waals surface area contributed by atoms with Crippen molar-refractivity contribution in [2.24, 2.45) is 5.73 Å². The van der Waals surface area contributed by atoms with Crippen molar-refractivity contribution in [2.75, 3.05) is 39.2 Å². The fraction of sp³-hybridized carbons (Fsp3) is 0.301. The lowest BCUT2D eigenvalue weighted by Crippen LogP contribution is -2.41. The summed E-state index contributed by atoms with van der Waals surface area (Å²) in [4.78, 5) is 60.2. The number of rotatable bonds is 20. The second-order valence-corrected chi connectivity index (χ2v) is 39.6. The minimum Gasteiger partial charge on any atom is -0.412 e. The first-order valence-electron chi connectivity index (χ1n) is 38.1. The SMILES string of the molecule is CC1(C)OB(/C=C/c2cnc(F)nc2)OC1(C)C.CN(C)C1CCC(N)CC1.CN(C)C1CCC(Nc2ncc(C=Cc3cnc(CS(=O)(=O)c4ccccc4Cl)nc3)cn2)CC1.ClSc1ccccc1Cl.Nc1ncc(Br)cn1.O.O.O=S(=O)(Cc1ncc(/C=C/c2cnc(F)nc2)cn1)c1ccccc1Cl.O=S(=O)(Cc1ncc(Br)cn1)c1ccccc1Cl. The van der Waals surface area contributed by atoms with E-state index in [-0.39, 0.29) is 86.6 Å². The Hall–Kier alpha value is -8.49. The number of nitrogens with zero attached hydrogens (tertiary/aromatic N) is 16. The zero-order valence-corrected chi connectivity index (χ0v) is 79.8. The van der Waals surface area contributed by atoms with E-state index in [9.17, 15) is 34.0 Å². The van der Waals surface area contributed by atoms with Crippen LogP contribution in [0.4, 0.5) is 20.7 Å². The standard InChI is InChI=1S/C25H29ClN6O2S.C17H12ClFN4O2S.C12H16BFN2O2.C11H8BrClN2O2S.C8H18N2.C6H4Cl2S.C4H4BrN3.2H2O/c1-32(2)21-11-9-20(10-12-21)31-25-29-15-19(16-30-25)8-7-18-13-27-24(28-14-18)17-35(33,34)23-6-4-3-5-22(23)26;18-14-3-1-2-4-15(14)26(24,25)11-16-20-7-12(8-21-16)5-6-13-9-22-17(19)23-10-13;1-11(2)12(3,4)18-13(17-11)6-5-9-7-15-10(14)16-8-9;12-8-5-14-11(15-6-8)7-18(16,17)10-4-2-1-3-9(10)13;1-10(2)8-5-3-7(9)4-6-8;7-5-3-1-2-4-6(5)9-8;5-3-1-7-4(6)8-2-3;;/h3-8,13-16,20-21H,9-12,17H2,1-2H3,(H,29,30,31);1-10H,11H2;5-8H,1-4H3;1-6H,7H2;7-8H,3-6,9H2,1-2H3;1-4H;1-2H,(H2,6,7,8);2*1H2/b;2*6-5+;;;;;;. The van der Waals surface area contributed by atoms with Gasteiger partial charge in [0.15, 0.2) is 29.5 Å². The highest BCUT2D eigenvalue weighted by Gasteiger charge is 2.50. The Balaban J connectivity index is 0.000000240. The van der Waals surface area contributed by atoms with E-state index in [4.69, 9.17) is 77.9 Å². The molecule has 7 aromatic heterocycles. The molecule has 0 unspecified atom stereocenters. The Bertz CT molecular complexity index is 5620. The molecule has 0 amide bonds. The molecule has 14 rings (SSSR count). The summed E-state index contributed by atoms with van der Waals surface area (Å²) in [6.45, 7) is 7.95. The second-order valence-electron chi connectivity index (χ2n) is 29.2. The fourth-order valence-corrected chi connectivity index (χ4v) is 18.3. The van der Waals surface area contributed by atoms with Crippen LogP contribution in [0.1, 0.15) is 124 Å². The first-order chi connectivity index (χ1) is 58.9. The van der Waals surface area contributed by atoms with Crippen molar-refractivity contribution in [1.82, 2.24) is 79.6 Å². The van der Waals surface area contributed by atoms with E-state index in [0.29, 0.717) is 56.2 Å². The molecule has 1 saturated heterocycles. The molecule has 43 heteroatoms. The number of nitrogens with two attached hydrogens (primary N) is 2. The molecular formula is C83H95BBr2Cl5F2N19O10S4. The van der Waals surface area contributed by atoms with Crippen molar-refractivity contribution >= 4 is 179 Å². The molecule has 1 aliphatic heterocycles. The van der Waals surface area contributed by atoms with Gasteiger partial charge >= 0.3 is 19.3 Å². The number of aromatic nitrogens is 14. The van der Waals surface area contributed by atoms with Gasteiger partial charge in [-0.15, -0.1) is 0 Å². The summed E-state index contributed by atoms with van der Waals surface area (Å²) in [5, 5.41) is 4.70. The van der Waals surface area contributed by atoms with E-state index < -0.39 is 48.8 Å². The Kier molecular flexibility index (Phi) is 43.6. The zero-order valence-electron chi connectivity index (χ0n) is 69.6. The average molecular weight is 2030 g/mol. The topological polar surface area (TPSA) is 435 Å². The molecule has 8 heterocycles. The largest absolute Gasteiger partial charge is 0.487 e. The van der Waals surface area contributed by atoms with E-state index in [1.54, 1.807) is 104 Å². The molecule has 0 spiro atoms. The third kappa shape index (κ3) is 35.5. The molecule has 11 aromatic rings. The maximum atomic E-state index is 12.7. The highest BCUT2D eigenvalue weighted by molar-refractivity contribution is 9.10. The molecule has 2 saturated carbocycles. The molecule has 3 aliphatic rings. The molecule has 2 aliphatic carbocycles. The number of sulfone groups is 3. The van der Waals surface area contributed by atoms with Crippen molar-refractivity contribution in [3.8, 4) is 0 Å². The molecule has 0 radical (unpaired) electrons. The summed E-state index contributed by atoms with van der Waals surface area (Å²) in [6.07, 6.45) is 38.2. The molecule has 29 nitrogen and oxygen atoms in total. The lowest BCUT2D eigenvalue weighted by atomic mass is 9.89. The molecule has 4 aromatic carbocycles. The predicted octanol–water partition coefficient (Wildman–Crippen LogP) is 16.3. The van der Waals surface area contributed by atoms with Crippen molar-refractivity contribution in [2.45, 2.75) is 151 Å². The van der Waals surface area contributed by atoms with E-state index in [0.717, 1.165) is 50.4 Å². The van der Waals surface area contributed by atoms with Gasteiger partial charge in [0.1, 0.15) is 34.7 Å². The lowest BCUT2D eigenvalue weighted by molar-refractivity contribution is 0.00578. The zero-order chi connectivity index (χ0) is 90.2. The third-order valence-corrected chi connectivity index (χ3v) is 27.6. The van der Waals surface area contributed by atoms with Gasteiger partial charge in [0.05, 0.1) is 54.9 Å². The van der Waals surface area contributed by atoms with Crippen molar-refractivity contribution < 1.29 is 54.3 Å². The van der Waals surface area contributed by atoms with Crippen LogP contribution in [-0.2, 0) is 56.1 Å². The smallest absolute Gasteiger partial charge is 0.412 e. The molecule has 126 heavy (non-hydrogen) atoms. The number of nitrogen functional groups attached to an aromatic ring is 1. The summed E-state index contributed by atoms with van der Waals surface area (Å²) >= 11 is 29.9. The number of hydrogen-bond acceptors (Lipinski definition) is 28. The lowest BCUT2D eigenvalue weighted by Gasteiger charge is -2.32.